The van der Waals surface area contributed by atoms with Gasteiger partial charge in [0.25, 0.3) is 15.7 Å². The molecule has 1 atom stereocenters. The van der Waals surface area contributed by atoms with Crippen LogP contribution in [-0.4, -0.2) is 92.5 Å². The molecule has 7 rings (SSSR count). The number of carboxylic acid groups (broad SMARTS) is 1. The molecule has 1 saturated heterocycles. The summed E-state index contributed by atoms with van der Waals surface area (Å²) in [5.41, 5.74) is 6.44. The van der Waals surface area contributed by atoms with Crippen molar-refractivity contribution in [3.05, 3.63) is 148 Å². The largest absolute Gasteiger partial charge is 0.478 e. The third-order valence-electron chi connectivity index (χ3n) is 11.5. The van der Waals surface area contributed by atoms with E-state index in [-0.39, 0.29) is 27.9 Å². The molecule has 65 heavy (non-hydrogen) atoms. The highest BCUT2D eigenvalue weighted by Gasteiger charge is 2.28. The van der Waals surface area contributed by atoms with Crippen molar-refractivity contribution < 1.29 is 23.2 Å². The summed E-state index contributed by atoms with van der Waals surface area (Å²) in [5.74, 6) is -0.310. The van der Waals surface area contributed by atoms with Crippen molar-refractivity contribution in [2.75, 3.05) is 72.4 Å². The van der Waals surface area contributed by atoms with E-state index in [1.807, 2.05) is 106 Å². The number of benzene rings is 5. The number of aromatic carboxylic acids is 1. The Morgan fingerprint density at radius 1 is 0.877 bits per heavy atom. The molecule has 1 aliphatic heterocycles. The van der Waals surface area contributed by atoms with Crippen LogP contribution in [0.15, 0.2) is 131 Å². The number of thioether (sulfide) groups is 1. The van der Waals surface area contributed by atoms with Gasteiger partial charge >= 0.3 is 5.97 Å². The highest BCUT2D eigenvalue weighted by atomic mass is 35.5. The predicted molar refractivity (Wildman–Crippen MR) is 265 cm³/mol. The quantitative estimate of drug-likeness (QED) is 0.0404. The summed E-state index contributed by atoms with van der Waals surface area (Å²) in [6.45, 7) is 8.18. The average Bonchev–Trinajstić information content (AvgIpc) is 3.59. The fourth-order valence-corrected chi connectivity index (χ4v) is 10.4. The first-order valence-electron chi connectivity index (χ1n) is 21.6. The Morgan fingerprint density at radius 3 is 2.18 bits per heavy atom. The molecule has 0 bridgehead atoms. The minimum Gasteiger partial charge on any atom is -0.478 e. The van der Waals surface area contributed by atoms with E-state index in [1.165, 1.54) is 12.1 Å². The Balaban J connectivity index is 1.02. The van der Waals surface area contributed by atoms with Crippen molar-refractivity contribution in [1.29, 1.82) is 0 Å². The van der Waals surface area contributed by atoms with E-state index in [0.717, 1.165) is 58.5 Å². The Bertz CT molecular complexity index is 2720. The summed E-state index contributed by atoms with van der Waals surface area (Å²) in [5, 5.41) is 26.7. The van der Waals surface area contributed by atoms with Gasteiger partial charge in [-0.1, -0.05) is 61.0 Å². The molecule has 3 N–H and O–H groups in total. The monoisotopic (exact) mass is 935 g/mol. The van der Waals surface area contributed by atoms with Crippen LogP contribution in [0.25, 0.3) is 22.4 Å². The Hall–Kier alpha value is -6.00. The SMILES string of the molecule is CCCn1c(C)c(C(=O)O)c(-c2cccc(N3CCN(c4ccc(NS(=O)(=O)c5ccc(N[C@H](CCN(C)C)CSc6ccccc6)c([N+](=O)[O-])c5)cc4)CC3)c2)c1-c1ccc(Cl)cc1. The molecule has 340 valence electrons. The Kier molecular flexibility index (Phi) is 15.1. The third kappa shape index (κ3) is 11.3. The minimum absolute atomic E-state index is 0.114. The maximum Gasteiger partial charge on any atom is 0.338 e. The third-order valence-corrected chi connectivity index (χ3v) is 14.3. The van der Waals surface area contributed by atoms with Gasteiger partial charge in [0.2, 0.25) is 0 Å². The van der Waals surface area contributed by atoms with Crippen LogP contribution in [0, 0.1) is 17.0 Å². The predicted octanol–water partition coefficient (Wildman–Crippen LogP) is 10.5. The van der Waals surface area contributed by atoms with Crippen LogP contribution in [0.3, 0.4) is 0 Å². The van der Waals surface area contributed by atoms with Crippen LogP contribution >= 0.6 is 23.4 Å². The number of rotatable bonds is 19. The van der Waals surface area contributed by atoms with E-state index in [1.54, 1.807) is 23.9 Å². The van der Waals surface area contributed by atoms with Gasteiger partial charge < -0.3 is 29.7 Å². The number of hydrogen-bond donors (Lipinski definition) is 3. The minimum atomic E-state index is -4.17. The van der Waals surface area contributed by atoms with Gasteiger partial charge in [-0.3, -0.25) is 14.8 Å². The number of hydrogen-bond acceptors (Lipinski definition) is 10. The van der Waals surface area contributed by atoms with Crippen LogP contribution in [0.4, 0.5) is 28.4 Å². The number of carboxylic acids is 1. The van der Waals surface area contributed by atoms with Crippen molar-refractivity contribution in [3.8, 4) is 22.4 Å². The zero-order chi connectivity index (χ0) is 46.3. The molecule has 0 amide bonds. The molecule has 6 aromatic rings. The summed E-state index contributed by atoms with van der Waals surface area (Å²) in [7, 11) is -0.218. The van der Waals surface area contributed by atoms with E-state index < -0.39 is 20.9 Å². The van der Waals surface area contributed by atoms with Crippen LogP contribution in [-0.2, 0) is 16.6 Å². The molecule has 5 aromatic carbocycles. The highest BCUT2D eigenvalue weighted by molar-refractivity contribution is 7.99. The summed E-state index contributed by atoms with van der Waals surface area (Å²) in [4.78, 5) is 32.0. The Labute approximate surface area is 390 Å². The molecule has 1 aliphatic rings. The first kappa shape index (κ1) is 47.0. The number of nitrogens with zero attached hydrogens (tertiary/aromatic N) is 5. The first-order chi connectivity index (χ1) is 31.2. The molecule has 13 nitrogen and oxygen atoms in total. The zero-order valence-electron chi connectivity index (χ0n) is 36.9. The number of nitro groups is 1. The maximum absolute atomic E-state index is 13.6. The summed E-state index contributed by atoms with van der Waals surface area (Å²) in [6, 6.07) is 36.5. The number of aromatic nitrogens is 1. The smallest absolute Gasteiger partial charge is 0.338 e. The van der Waals surface area contributed by atoms with Gasteiger partial charge in [0.05, 0.1) is 21.1 Å². The number of halogens is 1. The molecule has 0 radical (unpaired) electrons. The lowest BCUT2D eigenvalue weighted by Crippen LogP contribution is -2.46. The van der Waals surface area contributed by atoms with Crippen molar-refractivity contribution in [3.63, 3.8) is 0 Å². The number of carbonyl (C=O) groups is 1. The lowest BCUT2D eigenvalue weighted by atomic mass is 9.96. The van der Waals surface area contributed by atoms with Crippen molar-refractivity contribution in [1.82, 2.24) is 9.47 Å². The Morgan fingerprint density at radius 2 is 1.55 bits per heavy atom. The molecule has 1 fully saturated rings. The van der Waals surface area contributed by atoms with E-state index in [4.69, 9.17) is 11.6 Å². The van der Waals surface area contributed by atoms with Crippen LogP contribution < -0.4 is 19.8 Å². The molecule has 0 saturated carbocycles. The molecule has 16 heteroatoms. The molecule has 1 aromatic heterocycles. The van der Waals surface area contributed by atoms with Crippen molar-refractivity contribution in [2.45, 2.75) is 49.1 Å². The van der Waals surface area contributed by atoms with Gasteiger partial charge in [0, 0.05) is 88.8 Å². The normalized spacial score (nSPS) is 13.5. The van der Waals surface area contributed by atoms with E-state index in [9.17, 15) is 28.4 Å². The van der Waals surface area contributed by atoms with Crippen molar-refractivity contribution >= 4 is 67.8 Å². The molecule has 2 heterocycles. The fraction of sp³-hybridized carbons (Fsp3) is 0.286. The molecule has 0 spiro atoms. The topological polar surface area (TPSA) is 153 Å². The van der Waals surface area contributed by atoms with Gasteiger partial charge in [-0.2, -0.15) is 0 Å². The number of sulfonamides is 1. The van der Waals surface area contributed by atoms with Gasteiger partial charge in [0.1, 0.15) is 5.69 Å². The highest BCUT2D eigenvalue weighted by Crippen LogP contribution is 2.41. The fourth-order valence-electron chi connectivity index (χ4n) is 8.22. The molecule has 0 unspecified atom stereocenters. The molecular formula is C49H54ClN7O6S2. The maximum atomic E-state index is 13.6. The van der Waals surface area contributed by atoms with Gasteiger partial charge in [-0.05, 0) is 124 Å². The molecular weight excluding hydrogens is 882 g/mol. The second kappa shape index (κ2) is 20.9. The summed E-state index contributed by atoms with van der Waals surface area (Å²) < 4.78 is 31.9. The van der Waals surface area contributed by atoms with Crippen LogP contribution in [0.1, 0.15) is 35.8 Å². The summed E-state index contributed by atoms with van der Waals surface area (Å²) in [6.07, 6.45) is 1.56. The standard InChI is InChI=1S/C49H54ClN7O6S2/c1-5-25-56-34(2)46(49(58)59)47(48(56)35-14-16-37(50)17-15-35)36-10-9-11-41(31-36)55-29-27-54(28-30-55)40-20-18-38(19-21-40)52-65(62,63)43-22-23-44(45(32-43)57(60)61)51-39(24-26-53(3)4)33-64-42-12-7-6-8-13-42/h6-23,31-32,39,51-52H,5,24-30,33H2,1-4H3,(H,58,59)/t39-/m1/s1. The first-order valence-corrected chi connectivity index (χ1v) is 24.4. The number of nitro benzene ring substituents is 1. The van der Waals surface area contributed by atoms with Crippen molar-refractivity contribution in [2.24, 2.45) is 0 Å². The number of piperazine rings is 1. The zero-order valence-corrected chi connectivity index (χ0v) is 39.3. The molecule has 0 aliphatic carbocycles. The second-order valence-electron chi connectivity index (χ2n) is 16.3. The second-order valence-corrected chi connectivity index (χ2v) is 19.5. The van der Waals surface area contributed by atoms with Gasteiger partial charge in [-0.15, -0.1) is 11.8 Å². The lowest BCUT2D eigenvalue weighted by molar-refractivity contribution is -0.384. The van der Waals surface area contributed by atoms with Gasteiger partial charge in [-0.25, -0.2) is 13.2 Å². The lowest BCUT2D eigenvalue weighted by Gasteiger charge is -2.37. The van der Waals surface area contributed by atoms with E-state index in [0.29, 0.717) is 60.4 Å². The van der Waals surface area contributed by atoms with Crippen LogP contribution in [0.5, 0.6) is 0 Å². The average molecular weight is 937 g/mol. The number of anilines is 4. The van der Waals surface area contributed by atoms with E-state index >= 15 is 0 Å². The number of nitrogens with one attached hydrogen (secondary N) is 2. The van der Waals surface area contributed by atoms with E-state index in [2.05, 4.69) is 42.3 Å². The van der Waals surface area contributed by atoms with Crippen LogP contribution in [0.2, 0.25) is 5.02 Å². The van der Waals surface area contributed by atoms with Gasteiger partial charge in [0.15, 0.2) is 0 Å². The summed E-state index contributed by atoms with van der Waals surface area (Å²) >= 11 is 7.91.